The van der Waals surface area contributed by atoms with Crippen LogP contribution in [-0.4, -0.2) is 97.3 Å². The van der Waals surface area contributed by atoms with Gasteiger partial charge in [-0.2, -0.15) is 0 Å². The van der Waals surface area contributed by atoms with E-state index in [0.717, 1.165) is 19.3 Å². The predicted octanol–water partition coefficient (Wildman–Crippen LogP) is 1.50. The molecule has 0 aliphatic rings. The molecule has 12 heteroatoms. The lowest BCUT2D eigenvalue weighted by molar-refractivity contribution is -0.131. The second-order valence-corrected chi connectivity index (χ2v) is 10.1. The number of carbonyl (C=O) groups excluding carboxylic acids is 2. The van der Waals surface area contributed by atoms with Crippen LogP contribution in [0.4, 0.5) is 0 Å². The summed E-state index contributed by atoms with van der Waals surface area (Å²) < 4.78 is 10.3. The Hall–Kier alpha value is -2.28. The Morgan fingerprint density at radius 3 is 1.62 bits per heavy atom. The van der Waals surface area contributed by atoms with E-state index in [-0.39, 0.29) is 25.0 Å². The van der Waals surface area contributed by atoms with E-state index >= 15 is 0 Å². The van der Waals surface area contributed by atoms with E-state index in [1.165, 1.54) is 0 Å². The van der Waals surface area contributed by atoms with Crippen molar-refractivity contribution in [3.8, 4) is 0 Å². The largest absolute Gasteiger partial charge is 0.411 e. The fourth-order valence-electron chi connectivity index (χ4n) is 3.28. The lowest BCUT2D eigenvalue weighted by atomic mass is 9.94. The molecule has 37 heavy (non-hydrogen) atoms. The number of rotatable bonds is 21. The van der Waals surface area contributed by atoms with Gasteiger partial charge in [0.25, 0.3) is 0 Å². The summed E-state index contributed by atoms with van der Waals surface area (Å²) in [7, 11) is 0. The van der Waals surface area contributed by atoms with Crippen molar-refractivity contribution in [2.24, 2.45) is 16.2 Å². The smallest absolute Gasteiger partial charge is 0.246 e. The van der Waals surface area contributed by atoms with Gasteiger partial charge < -0.3 is 41.2 Å². The molecule has 216 valence electrons. The molecule has 0 aliphatic carbocycles. The lowest BCUT2D eigenvalue weighted by Crippen LogP contribution is -2.47. The van der Waals surface area contributed by atoms with Crippen LogP contribution >= 0.6 is 0 Å². The maximum atomic E-state index is 12.1. The molecule has 0 saturated carbocycles. The van der Waals surface area contributed by atoms with E-state index < -0.39 is 11.1 Å². The Morgan fingerprint density at radius 2 is 1.19 bits per heavy atom. The van der Waals surface area contributed by atoms with Crippen LogP contribution in [0.2, 0.25) is 0 Å². The fraction of sp³-hybridized carbons (Fsp3) is 0.840. The highest BCUT2D eigenvalue weighted by molar-refractivity contribution is 5.90. The minimum atomic E-state index is -0.435. The molecule has 0 aromatic carbocycles. The molecule has 0 atom stereocenters. The SMILES string of the molecule is CCOCCNC(=O)COCC(=O)NCCC(CCNC(C)(C)/C(C)=N\O)CCNC(C)(C)/C(C)=N\O. The van der Waals surface area contributed by atoms with Crippen LogP contribution in [-0.2, 0) is 19.1 Å². The third-order valence-electron chi connectivity index (χ3n) is 6.46. The van der Waals surface area contributed by atoms with Gasteiger partial charge in [0.2, 0.25) is 11.8 Å². The molecular formula is C25H50N6O6. The zero-order valence-electron chi connectivity index (χ0n) is 23.8. The van der Waals surface area contributed by atoms with Crippen LogP contribution < -0.4 is 21.3 Å². The average Bonchev–Trinajstić information content (AvgIpc) is 2.84. The molecule has 0 saturated heterocycles. The number of carbonyl (C=O) groups is 2. The molecular weight excluding hydrogens is 480 g/mol. The minimum Gasteiger partial charge on any atom is -0.411 e. The first-order valence-corrected chi connectivity index (χ1v) is 13.0. The van der Waals surface area contributed by atoms with Crippen LogP contribution in [0.5, 0.6) is 0 Å². The van der Waals surface area contributed by atoms with Crippen LogP contribution in [0, 0.1) is 5.92 Å². The molecule has 0 fully saturated rings. The van der Waals surface area contributed by atoms with Gasteiger partial charge in [0.15, 0.2) is 0 Å². The molecule has 6 N–H and O–H groups in total. The first-order chi connectivity index (χ1) is 17.4. The molecule has 0 bridgehead atoms. The lowest BCUT2D eigenvalue weighted by Gasteiger charge is -2.28. The highest BCUT2D eigenvalue weighted by Crippen LogP contribution is 2.15. The minimum absolute atomic E-state index is 0.182. The fourth-order valence-corrected chi connectivity index (χ4v) is 3.28. The summed E-state index contributed by atoms with van der Waals surface area (Å²) in [5.74, 6) is -0.271. The van der Waals surface area contributed by atoms with Crippen molar-refractivity contribution in [1.82, 2.24) is 21.3 Å². The highest BCUT2D eigenvalue weighted by Gasteiger charge is 2.23. The van der Waals surface area contributed by atoms with Crippen LogP contribution in [0.3, 0.4) is 0 Å². The van der Waals surface area contributed by atoms with Crippen LogP contribution in [0.15, 0.2) is 10.3 Å². The van der Waals surface area contributed by atoms with E-state index in [4.69, 9.17) is 19.9 Å². The van der Waals surface area contributed by atoms with Gasteiger partial charge in [-0.15, -0.1) is 0 Å². The number of oxime groups is 2. The quantitative estimate of drug-likeness (QED) is 0.0562. The monoisotopic (exact) mass is 530 g/mol. The second-order valence-electron chi connectivity index (χ2n) is 10.1. The molecule has 0 spiro atoms. The molecule has 0 aromatic rings. The molecule has 2 amide bonds. The van der Waals surface area contributed by atoms with E-state index in [0.29, 0.717) is 56.7 Å². The van der Waals surface area contributed by atoms with Gasteiger partial charge in [-0.25, -0.2) is 0 Å². The van der Waals surface area contributed by atoms with Crippen molar-refractivity contribution < 1.29 is 29.5 Å². The molecule has 12 nitrogen and oxygen atoms in total. The van der Waals surface area contributed by atoms with Crippen LogP contribution in [0.1, 0.15) is 67.7 Å². The Bertz CT molecular complexity index is 690. The maximum absolute atomic E-state index is 12.1. The Morgan fingerprint density at radius 1 is 0.757 bits per heavy atom. The first kappa shape index (κ1) is 34.7. The number of nitrogens with one attached hydrogen (secondary N) is 4. The summed E-state index contributed by atoms with van der Waals surface area (Å²) in [6, 6.07) is 0. The van der Waals surface area contributed by atoms with Gasteiger partial charge in [0.1, 0.15) is 13.2 Å². The molecule has 0 unspecified atom stereocenters. The third kappa shape index (κ3) is 16.2. The second kappa shape index (κ2) is 18.9. The molecule has 0 radical (unpaired) electrons. The van der Waals surface area contributed by atoms with Crippen molar-refractivity contribution in [2.75, 3.05) is 52.6 Å². The Kier molecular flexibility index (Phi) is 17.7. The number of hydrogen-bond acceptors (Lipinski definition) is 10. The van der Waals surface area contributed by atoms with Crippen molar-refractivity contribution in [3.63, 3.8) is 0 Å². The van der Waals surface area contributed by atoms with Gasteiger partial charge in [-0.3, -0.25) is 9.59 Å². The number of hydrogen-bond donors (Lipinski definition) is 6. The summed E-state index contributed by atoms with van der Waals surface area (Å²) >= 11 is 0. The zero-order valence-corrected chi connectivity index (χ0v) is 23.8. The van der Waals surface area contributed by atoms with Crippen molar-refractivity contribution >= 4 is 23.2 Å². The normalized spacial score (nSPS) is 13.2. The molecule has 0 aliphatic heterocycles. The summed E-state index contributed by atoms with van der Waals surface area (Å²) in [4.78, 5) is 23.8. The number of amides is 2. The van der Waals surface area contributed by atoms with Gasteiger partial charge in [-0.05, 0) is 86.7 Å². The van der Waals surface area contributed by atoms with Gasteiger partial charge in [0, 0.05) is 19.7 Å². The van der Waals surface area contributed by atoms with E-state index in [2.05, 4.69) is 31.6 Å². The topological polar surface area (TPSA) is 166 Å². The molecule has 0 rings (SSSR count). The Balaban J connectivity index is 4.60. The van der Waals surface area contributed by atoms with Gasteiger partial charge >= 0.3 is 0 Å². The predicted molar refractivity (Wildman–Crippen MR) is 145 cm³/mol. The summed E-state index contributed by atoms with van der Waals surface area (Å²) in [6.45, 7) is 16.2. The number of ether oxygens (including phenoxy) is 2. The van der Waals surface area contributed by atoms with Gasteiger partial charge in [0.05, 0.1) is 29.1 Å². The summed E-state index contributed by atoms with van der Waals surface area (Å²) in [6.07, 6.45) is 2.46. The van der Waals surface area contributed by atoms with Crippen molar-refractivity contribution in [1.29, 1.82) is 0 Å². The van der Waals surface area contributed by atoms with E-state index in [9.17, 15) is 9.59 Å². The number of nitrogens with zero attached hydrogens (tertiary/aromatic N) is 2. The molecule has 0 heterocycles. The van der Waals surface area contributed by atoms with Crippen molar-refractivity contribution in [3.05, 3.63) is 0 Å². The van der Waals surface area contributed by atoms with E-state index in [1.807, 2.05) is 34.6 Å². The first-order valence-electron chi connectivity index (χ1n) is 13.0. The third-order valence-corrected chi connectivity index (χ3v) is 6.46. The van der Waals surface area contributed by atoms with Gasteiger partial charge in [-0.1, -0.05) is 10.3 Å². The Labute approximate surface area is 222 Å². The molecule has 0 aromatic heterocycles. The summed E-state index contributed by atoms with van der Waals surface area (Å²) in [5, 5.41) is 37.1. The van der Waals surface area contributed by atoms with E-state index in [1.54, 1.807) is 13.8 Å². The standard InChI is InChI=1S/C25H50N6O6/c1-8-36-16-15-27-23(33)18-37-17-22(32)26-12-9-21(10-13-28-24(4,5)19(2)30-34)11-14-29-25(6,7)20(3)31-35/h21,28-29,34-35H,8-18H2,1-7H3,(H,26,32)(H,27,33)/b30-19-,31-20-. The highest BCUT2D eigenvalue weighted by atomic mass is 16.5. The van der Waals surface area contributed by atoms with Crippen LogP contribution in [0.25, 0.3) is 0 Å². The maximum Gasteiger partial charge on any atom is 0.246 e. The average molecular weight is 531 g/mol. The van der Waals surface area contributed by atoms with Crippen molar-refractivity contribution in [2.45, 2.75) is 78.8 Å². The summed E-state index contributed by atoms with van der Waals surface area (Å²) in [5.41, 5.74) is 0.326. The zero-order chi connectivity index (χ0) is 28.3.